The molecule has 25 heavy (non-hydrogen) atoms. The van der Waals surface area contributed by atoms with Gasteiger partial charge < -0.3 is 14.6 Å². The van der Waals surface area contributed by atoms with E-state index in [1.54, 1.807) is 12.4 Å². The molecule has 1 aliphatic rings. The number of nitrogens with zero attached hydrogens (tertiary/aromatic N) is 4. The molecule has 0 unspecified atom stereocenters. The Morgan fingerprint density at radius 3 is 2.80 bits per heavy atom. The van der Waals surface area contributed by atoms with Crippen molar-refractivity contribution < 1.29 is 9.21 Å². The third kappa shape index (κ3) is 3.40. The predicted molar refractivity (Wildman–Crippen MR) is 93.0 cm³/mol. The summed E-state index contributed by atoms with van der Waals surface area (Å²) >= 11 is 0. The van der Waals surface area contributed by atoms with Crippen LogP contribution in [0.25, 0.3) is 11.5 Å². The third-order valence-electron chi connectivity index (χ3n) is 4.44. The van der Waals surface area contributed by atoms with Crippen molar-refractivity contribution >= 4 is 11.7 Å². The maximum Gasteiger partial charge on any atom is 0.321 e. The largest absolute Gasteiger partial charge is 0.445 e. The Labute approximate surface area is 145 Å². The molecule has 1 aliphatic heterocycles. The number of hydrogen-bond acceptors (Lipinski definition) is 4. The van der Waals surface area contributed by atoms with Crippen molar-refractivity contribution in [3.8, 4) is 11.5 Å². The van der Waals surface area contributed by atoms with Gasteiger partial charge in [-0.3, -0.25) is 4.68 Å². The van der Waals surface area contributed by atoms with Gasteiger partial charge in [0.2, 0.25) is 5.89 Å². The second-order valence-corrected chi connectivity index (χ2v) is 6.05. The van der Waals surface area contributed by atoms with Crippen LogP contribution in [-0.4, -0.2) is 38.8 Å². The Balaban J connectivity index is 1.37. The number of rotatable bonds is 3. The van der Waals surface area contributed by atoms with Gasteiger partial charge in [-0.15, -0.1) is 0 Å². The highest BCUT2D eigenvalue weighted by molar-refractivity contribution is 5.90. The summed E-state index contributed by atoms with van der Waals surface area (Å²) < 4.78 is 7.28. The minimum Gasteiger partial charge on any atom is -0.445 e. The van der Waals surface area contributed by atoms with Crippen LogP contribution >= 0.6 is 0 Å². The normalized spacial score (nSPS) is 15.3. The monoisotopic (exact) mass is 337 g/mol. The van der Waals surface area contributed by atoms with Crippen LogP contribution in [0.3, 0.4) is 0 Å². The van der Waals surface area contributed by atoms with Crippen LogP contribution in [0.4, 0.5) is 10.5 Å². The standard InChI is InChI=1S/C18H19N5O2/c24-18(22-10-5-16(6-11-22)23-9-2-7-20-23)21-15-4-1-3-14(13-15)17-19-8-12-25-17/h1-4,7-9,12-13,16H,5-6,10-11H2,(H,21,24). The maximum atomic E-state index is 12.5. The highest BCUT2D eigenvalue weighted by Gasteiger charge is 2.24. The molecule has 3 heterocycles. The zero-order chi connectivity index (χ0) is 17.1. The lowest BCUT2D eigenvalue weighted by Crippen LogP contribution is -2.41. The van der Waals surface area contributed by atoms with Gasteiger partial charge in [0, 0.05) is 36.7 Å². The second-order valence-electron chi connectivity index (χ2n) is 6.05. The van der Waals surface area contributed by atoms with Gasteiger partial charge in [0.15, 0.2) is 0 Å². The van der Waals surface area contributed by atoms with Gasteiger partial charge in [0.1, 0.15) is 6.26 Å². The van der Waals surface area contributed by atoms with E-state index in [0.29, 0.717) is 11.9 Å². The van der Waals surface area contributed by atoms with Crippen molar-refractivity contribution in [2.24, 2.45) is 0 Å². The van der Waals surface area contributed by atoms with E-state index in [1.165, 1.54) is 6.26 Å². The van der Waals surface area contributed by atoms with Crippen LogP contribution in [0, 0.1) is 0 Å². The molecule has 0 saturated carbocycles. The quantitative estimate of drug-likeness (QED) is 0.794. The van der Waals surface area contributed by atoms with E-state index in [-0.39, 0.29) is 6.03 Å². The lowest BCUT2D eigenvalue weighted by atomic mass is 10.1. The molecule has 0 aliphatic carbocycles. The number of urea groups is 1. The Morgan fingerprint density at radius 1 is 1.20 bits per heavy atom. The smallest absolute Gasteiger partial charge is 0.321 e. The number of nitrogens with one attached hydrogen (secondary N) is 1. The summed E-state index contributed by atoms with van der Waals surface area (Å²) in [5.74, 6) is 0.538. The Kier molecular flexibility index (Phi) is 4.20. The van der Waals surface area contributed by atoms with Crippen LogP contribution < -0.4 is 5.32 Å². The van der Waals surface area contributed by atoms with Crippen LogP contribution in [0.1, 0.15) is 18.9 Å². The van der Waals surface area contributed by atoms with E-state index in [2.05, 4.69) is 15.4 Å². The molecule has 128 valence electrons. The first kappa shape index (κ1) is 15.4. The molecule has 4 rings (SSSR count). The van der Waals surface area contributed by atoms with Gasteiger partial charge in [0.25, 0.3) is 0 Å². The van der Waals surface area contributed by atoms with Gasteiger partial charge in [-0.1, -0.05) is 6.07 Å². The number of anilines is 1. The summed E-state index contributed by atoms with van der Waals surface area (Å²) in [6.45, 7) is 1.44. The molecule has 2 aromatic heterocycles. The number of amides is 2. The summed E-state index contributed by atoms with van der Waals surface area (Å²) in [4.78, 5) is 18.5. The number of hydrogen-bond donors (Lipinski definition) is 1. The minimum absolute atomic E-state index is 0.0801. The molecule has 0 radical (unpaired) electrons. The number of aromatic nitrogens is 3. The Hall–Kier alpha value is -3.09. The van der Waals surface area contributed by atoms with Crippen molar-refractivity contribution in [1.29, 1.82) is 0 Å². The first-order valence-electron chi connectivity index (χ1n) is 8.34. The molecule has 3 aromatic rings. The van der Waals surface area contributed by atoms with E-state index in [1.807, 2.05) is 46.1 Å². The van der Waals surface area contributed by atoms with Gasteiger partial charge in [0.05, 0.1) is 12.2 Å². The van der Waals surface area contributed by atoms with Gasteiger partial charge in [-0.05, 0) is 37.1 Å². The van der Waals surface area contributed by atoms with Crippen molar-refractivity contribution in [2.45, 2.75) is 18.9 Å². The predicted octanol–water partition coefficient (Wildman–Crippen LogP) is 3.41. The lowest BCUT2D eigenvalue weighted by Gasteiger charge is -2.32. The van der Waals surface area contributed by atoms with Gasteiger partial charge in [-0.2, -0.15) is 5.10 Å². The summed E-state index contributed by atoms with van der Waals surface area (Å²) in [5.41, 5.74) is 1.56. The maximum absolute atomic E-state index is 12.5. The summed E-state index contributed by atoms with van der Waals surface area (Å²) in [6.07, 6.45) is 8.72. The minimum atomic E-state index is -0.0801. The van der Waals surface area contributed by atoms with E-state index in [4.69, 9.17) is 4.42 Å². The molecular weight excluding hydrogens is 318 g/mol. The van der Waals surface area contributed by atoms with E-state index in [0.717, 1.165) is 37.2 Å². The first-order chi connectivity index (χ1) is 12.3. The topological polar surface area (TPSA) is 76.2 Å². The summed E-state index contributed by atoms with van der Waals surface area (Å²) in [5, 5.41) is 7.25. The molecular formula is C18H19N5O2. The fourth-order valence-electron chi connectivity index (χ4n) is 3.13. The van der Waals surface area contributed by atoms with Crippen molar-refractivity contribution in [1.82, 2.24) is 19.7 Å². The van der Waals surface area contributed by atoms with E-state index < -0.39 is 0 Å². The van der Waals surface area contributed by atoms with Crippen molar-refractivity contribution in [3.05, 3.63) is 55.2 Å². The summed E-state index contributed by atoms with van der Waals surface area (Å²) in [6, 6.07) is 9.72. The summed E-state index contributed by atoms with van der Waals surface area (Å²) in [7, 11) is 0. The SMILES string of the molecule is O=C(Nc1cccc(-c2ncco2)c1)N1CCC(n2cccn2)CC1. The van der Waals surface area contributed by atoms with Crippen molar-refractivity contribution in [3.63, 3.8) is 0 Å². The fourth-order valence-corrected chi connectivity index (χ4v) is 3.13. The Morgan fingerprint density at radius 2 is 2.08 bits per heavy atom. The van der Waals surface area contributed by atoms with E-state index in [9.17, 15) is 4.79 Å². The molecule has 1 saturated heterocycles. The molecule has 1 fully saturated rings. The van der Waals surface area contributed by atoms with Crippen LogP contribution in [0.15, 0.2) is 59.6 Å². The van der Waals surface area contributed by atoms with Crippen LogP contribution in [0.2, 0.25) is 0 Å². The Bertz CT molecular complexity index is 821. The third-order valence-corrected chi connectivity index (χ3v) is 4.44. The number of carbonyl (C=O) groups excluding carboxylic acids is 1. The number of carbonyl (C=O) groups is 1. The van der Waals surface area contributed by atoms with Gasteiger partial charge in [-0.25, -0.2) is 9.78 Å². The van der Waals surface area contributed by atoms with Gasteiger partial charge >= 0.3 is 6.03 Å². The zero-order valence-electron chi connectivity index (χ0n) is 13.7. The number of piperidine rings is 1. The lowest BCUT2D eigenvalue weighted by molar-refractivity contribution is 0.180. The van der Waals surface area contributed by atoms with Crippen molar-refractivity contribution in [2.75, 3.05) is 18.4 Å². The number of oxazole rings is 1. The average Bonchev–Trinajstić information content (AvgIpc) is 3.36. The van der Waals surface area contributed by atoms with E-state index >= 15 is 0 Å². The van der Waals surface area contributed by atoms with Crippen LogP contribution in [-0.2, 0) is 0 Å². The highest BCUT2D eigenvalue weighted by Crippen LogP contribution is 2.24. The first-order valence-corrected chi connectivity index (χ1v) is 8.34. The molecule has 7 heteroatoms. The second kappa shape index (κ2) is 6.80. The molecule has 0 spiro atoms. The molecule has 7 nitrogen and oxygen atoms in total. The number of likely N-dealkylation sites (tertiary alicyclic amines) is 1. The average molecular weight is 337 g/mol. The fraction of sp³-hybridized carbons (Fsp3) is 0.278. The molecule has 2 amide bonds. The number of benzene rings is 1. The molecule has 0 atom stereocenters. The van der Waals surface area contributed by atoms with Crippen LogP contribution in [0.5, 0.6) is 0 Å². The zero-order valence-corrected chi connectivity index (χ0v) is 13.7. The highest BCUT2D eigenvalue weighted by atomic mass is 16.3. The molecule has 1 N–H and O–H groups in total. The molecule has 0 bridgehead atoms. The molecule has 1 aromatic carbocycles.